The lowest BCUT2D eigenvalue weighted by molar-refractivity contribution is -0.0311. The van der Waals surface area contributed by atoms with Gasteiger partial charge in [-0.25, -0.2) is 4.79 Å². The summed E-state index contributed by atoms with van der Waals surface area (Å²) in [5.41, 5.74) is 0.549. The summed E-state index contributed by atoms with van der Waals surface area (Å²) in [6, 6.07) is 8.86. The molecule has 0 saturated carbocycles. The monoisotopic (exact) mass is 194 g/mol. The molecule has 0 saturated heterocycles. The predicted molar refractivity (Wildman–Crippen MR) is 53.0 cm³/mol. The predicted octanol–water partition coefficient (Wildman–Crippen LogP) is 2.23. The smallest absolute Gasteiger partial charge is 0.340 e. The van der Waals surface area contributed by atoms with Crippen molar-refractivity contribution in [3.8, 4) is 0 Å². The molecule has 0 fully saturated rings. The van der Waals surface area contributed by atoms with E-state index in [1.807, 2.05) is 13.0 Å². The molecule has 0 radical (unpaired) electrons. The van der Waals surface area contributed by atoms with Crippen LogP contribution in [0.2, 0.25) is 0 Å². The van der Waals surface area contributed by atoms with Crippen LogP contribution < -0.4 is 0 Å². The molecule has 3 heteroatoms. The normalized spacial score (nSPS) is 9.79. The van der Waals surface area contributed by atoms with Crippen molar-refractivity contribution in [2.75, 3.05) is 13.4 Å². The van der Waals surface area contributed by atoms with Crippen LogP contribution in [-0.2, 0) is 9.47 Å². The Morgan fingerprint density at radius 1 is 1.29 bits per heavy atom. The molecule has 0 heterocycles. The Bertz CT molecular complexity index is 269. The van der Waals surface area contributed by atoms with Crippen LogP contribution in [0, 0.1) is 0 Å². The summed E-state index contributed by atoms with van der Waals surface area (Å²) in [5, 5.41) is 0. The van der Waals surface area contributed by atoms with E-state index in [2.05, 4.69) is 0 Å². The summed E-state index contributed by atoms with van der Waals surface area (Å²) in [7, 11) is 0. The highest BCUT2D eigenvalue weighted by atomic mass is 16.7. The SMILES string of the molecule is CCCOCOC(=O)c1ccccc1. The molecule has 0 aromatic heterocycles. The lowest BCUT2D eigenvalue weighted by atomic mass is 10.2. The maximum atomic E-state index is 11.3. The van der Waals surface area contributed by atoms with Gasteiger partial charge in [-0.3, -0.25) is 0 Å². The largest absolute Gasteiger partial charge is 0.435 e. The van der Waals surface area contributed by atoms with Crippen LogP contribution in [0.15, 0.2) is 30.3 Å². The number of esters is 1. The van der Waals surface area contributed by atoms with Gasteiger partial charge in [0.2, 0.25) is 0 Å². The van der Waals surface area contributed by atoms with Crippen LogP contribution in [0.1, 0.15) is 23.7 Å². The zero-order chi connectivity index (χ0) is 10.2. The molecule has 0 N–H and O–H groups in total. The van der Waals surface area contributed by atoms with Gasteiger partial charge in [0.1, 0.15) is 0 Å². The lowest BCUT2D eigenvalue weighted by Gasteiger charge is -2.04. The van der Waals surface area contributed by atoms with Crippen molar-refractivity contribution in [2.24, 2.45) is 0 Å². The van der Waals surface area contributed by atoms with Gasteiger partial charge in [-0.15, -0.1) is 0 Å². The van der Waals surface area contributed by atoms with Crippen LogP contribution in [0.3, 0.4) is 0 Å². The molecular weight excluding hydrogens is 180 g/mol. The van der Waals surface area contributed by atoms with Crippen molar-refractivity contribution in [1.82, 2.24) is 0 Å². The van der Waals surface area contributed by atoms with Crippen LogP contribution in [-0.4, -0.2) is 19.4 Å². The van der Waals surface area contributed by atoms with Gasteiger partial charge < -0.3 is 9.47 Å². The average molecular weight is 194 g/mol. The Kier molecular flexibility index (Phi) is 4.72. The zero-order valence-electron chi connectivity index (χ0n) is 8.23. The van der Waals surface area contributed by atoms with E-state index >= 15 is 0 Å². The van der Waals surface area contributed by atoms with Crippen molar-refractivity contribution in [1.29, 1.82) is 0 Å². The minimum Gasteiger partial charge on any atom is -0.435 e. The molecule has 0 spiro atoms. The van der Waals surface area contributed by atoms with E-state index in [-0.39, 0.29) is 12.8 Å². The fourth-order valence-electron chi connectivity index (χ4n) is 0.956. The third-order valence-corrected chi connectivity index (χ3v) is 1.63. The van der Waals surface area contributed by atoms with Crippen molar-refractivity contribution in [2.45, 2.75) is 13.3 Å². The molecule has 1 rings (SSSR count). The molecule has 0 aliphatic rings. The van der Waals surface area contributed by atoms with E-state index in [0.29, 0.717) is 12.2 Å². The zero-order valence-corrected chi connectivity index (χ0v) is 8.23. The first-order valence-corrected chi connectivity index (χ1v) is 4.64. The Morgan fingerprint density at radius 2 is 2.00 bits per heavy atom. The number of carbonyl (C=O) groups is 1. The Balaban J connectivity index is 2.29. The summed E-state index contributed by atoms with van der Waals surface area (Å²) >= 11 is 0. The van der Waals surface area contributed by atoms with Crippen LogP contribution in [0.25, 0.3) is 0 Å². The molecule has 0 atom stereocenters. The maximum Gasteiger partial charge on any atom is 0.340 e. The third kappa shape index (κ3) is 3.58. The number of hydrogen-bond acceptors (Lipinski definition) is 3. The molecule has 0 aliphatic carbocycles. The number of rotatable bonds is 5. The van der Waals surface area contributed by atoms with Gasteiger partial charge >= 0.3 is 5.97 Å². The van der Waals surface area contributed by atoms with Crippen LogP contribution in [0.4, 0.5) is 0 Å². The minimum absolute atomic E-state index is 0.0293. The number of benzene rings is 1. The van der Waals surface area contributed by atoms with E-state index in [1.165, 1.54) is 0 Å². The second-order valence-electron chi connectivity index (χ2n) is 2.82. The second-order valence-corrected chi connectivity index (χ2v) is 2.82. The molecule has 14 heavy (non-hydrogen) atoms. The number of ether oxygens (including phenoxy) is 2. The molecule has 0 bridgehead atoms. The summed E-state index contributed by atoms with van der Waals surface area (Å²) in [5.74, 6) is -0.346. The van der Waals surface area contributed by atoms with E-state index in [1.54, 1.807) is 24.3 Å². The maximum absolute atomic E-state index is 11.3. The van der Waals surface area contributed by atoms with Gasteiger partial charge in [0.25, 0.3) is 0 Å². The number of carbonyl (C=O) groups excluding carboxylic acids is 1. The van der Waals surface area contributed by atoms with Crippen LogP contribution >= 0.6 is 0 Å². The standard InChI is InChI=1S/C11H14O3/c1-2-8-13-9-14-11(12)10-6-4-3-5-7-10/h3-7H,2,8-9H2,1H3. The molecule has 3 nitrogen and oxygen atoms in total. The fourth-order valence-corrected chi connectivity index (χ4v) is 0.956. The van der Waals surface area contributed by atoms with Crippen LogP contribution in [0.5, 0.6) is 0 Å². The molecule has 0 aliphatic heterocycles. The van der Waals surface area contributed by atoms with E-state index in [4.69, 9.17) is 9.47 Å². The first kappa shape index (κ1) is 10.7. The van der Waals surface area contributed by atoms with Crippen molar-refractivity contribution in [3.05, 3.63) is 35.9 Å². The summed E-state index contributed by atoms with van der Waals surface area (Å²) < 4.78 is 9.90. The number of hydrogen-bond donors (Lipinski definition) is 0. The van der Waals surface area contributed by atoms with Crippen molar-refractivity contribution >= 4 is 5.97 Å². The van der Waals surface area contributed by atoms with Gasteiger partial charge in [0, 0.05) is 0 Å². The van der Waals surface area contributed by atoms with Gasteiger partial charge in [-0.2, -0.15) is 0 Å². The molecular formula is C11H14O3. The Morgan fingerprint density at radius 3 is 2.64 bits per heavy atom. The first-order valence-electron chi connectivity index (χ1n) is 4.64. The molecule has 0 amide bonds. The quantitative estimate of drug-likeness (QED) is 0.409. The Labute approximate surface area is 83.6 Å². The first-order chi connectivity index (χ1) is 6.84. The minimum atomic E-state index is -0.346. The second kappa shape index (κ2) is 6.16. The third-order valence-electron chi connectivity index (χ3n) is 1.63. The van der Waals surface area contributed by atoms with Crippen molar-refractivity contribution < 1.29 is 14.3 Å². The molecule has 1 aromatic carbocycles. The lowest BCUT2D eigenvalue weighted by Crippen LogP contribution is -2.08. The summed E-state index contributed by atoms with van der Waals surface area (Å²) in [6.45, 7) is 2.64. The average Bonchev–Trinajstić information content (AvgIpc) is 2.25. The fraction of sp³-hybridized carbons (Fsp3) is 0.364. The van der Waals surface area contributed by atoms with Gasteiger partial charge in [-0.05, 0) is 18.6 Å². The van der Waals surface area contributed by atoms with E-state index in [9.17, 15) is 4.79 Å². The van der Waals surface area contributed by atoms with E-state index < -0.39 is 0 Å². The molecule has 76 valence electrons. The topological polar surface area (TPSA) is 35.5 Å². The Hall–Kier alpha value is -1.35. The summed E-state index contributed by atoms with van der Waals surface area (Å²) in [6.07, 6.45) is 0.920. The molecule has 1 aromatic rings. The van der Waals surface area contributed by atoms with Gasteiger partial charge in [-0.1, -0.05) is 25.1 Å². The van der Waals surface area contributed by atoms with Crippen molar-refractivity contribution in [3.63, 3.8) is 0 Å². The highest BCUT2D eigenvalue weighted by Crippen LogP contribution is 2.00. The summed E-state index contributed by atoms with van der Waals surface area (Å²) in [4.78, 5) is 11.3. The van der Waals surface area contributed by atoms with E-state index in [0.717, 1.165) is 6.42 Å². The highest BCUT2D eigenvalue weighted by Gasteiger charge is 2.04. The molecule has 0 unspecified atom stereocenters. The highest BCUT2D eigenvalue weighted by molar-refractivity contribution is 5.89. The van der Waals surface area contributed by atoms with Gasteiger partial charge in [0.15, 0.2) is 6.79 Å². The van der Waals surface area contributed by atoms with Gasteiger partial charge in [0.05, 0.1) is 12.2 Å².